The van der Waals surface area contributed by atoms with Crippen LogP contribution >= 0.6 is 22.6 Å². The third-order valence-electron chi connectivity index (χ3n) is 2.73. The van der Waals surface area contributed by atoms with Gasteiger partial charge >= 0.3 is 0 Å². The monoisotopic (exact) mass is 366 g/mol. The summed E-state index contributed by atoms with van der Waals surface area (Å²) in [4.78, 5) is 11.8. The third-order valence-corrected chi connectivity index (χ3v) is 3.45. The summed E-state index contributed by atoms with van der Waals surface area (Å²) in [6, 6.07) is 17.3. The normalized spacial score (nSPS) is 10.2. The van der Waals surface area contributed by atoms with E-state index < -0.39 is 0 Å². The van der Waals surface area contributed by atoms with Gasteiger partial charge in [-0.05, 0) is 53.3 Å². The molecular formula is C16H15IO2. The van der Waals surface area contributed by atoms with Gasteiger partial charge in [0.2, 0.25) is 0 Å². The molecule has 0 aromatic heterocycles. The van der Waals surface area contributed by atoms with Crippen LogP contribution in [0.4, 0.5) is 0 Å². The molecule has 3 heteroatoms. The van der Waals surface area contributed by atoms with E-state index in [4.69, 9.17) is 4.74 Å². The lowest BCUT2D eigenvalue weighted by Crippen LogP contribution is -2.03. The molecule has 2 aromatic carbocycles. The Balaban J connectivity index is 1.72. The zero-order valence-electron chi connectivity index (χ0n) is 10.5. The molecule has 2 rings (SSSR count). The van der Waals surface area contributed by atoms with Crippen molar-refractivity contribution in [3.8, 4) is 5.75 Å². The molecule has 0 N–H and O–H groups in total. The number of Topliss-reactive ketones (excluding diaryl/α,β-unsaturated/α-hetero) is 1. The van der Waals surface area contributed by atoms with E-state index in [1.54, 1.807) is 0 Å². The highest BCUT2D eigenvalue weighted by atomic mass is 127. The first-order valence-corrected chi connectivity index (χ1v) is 7.30. The first-order chi connectivity index (χ1) is 9.25. The Bertz CT molecular complexity index is 520. The molecule has 98 valence electrons. The van der Waals surface area contributed by atoms with Gasteiger partial charge in [0.15, 0.2) is 5.78 Å². The minimum absolute atomic E-state index is 0.173. The molecule has 0 aliphatic rings. The van der Waals surface area contributed by atoms with Crippen molar-refractivity contribution in [1.82, 2.24) is 0 Å². The van der Waals surface area contributed by atoms with E-state index in [1.165, 1.54) is 3.57 Å². The van der Waals surface area contributed by atoms with Crippen molar-refractivity contribution in [2.24, 2.45) is 0 Å². The van der Waals surface area contributed by atoms with Crippen LogP contribution in [0, 0.1) is 3.57 Å². The molecule has 0 radical (unpaired) electrons. The van der Waals surface area contributed by atoms with Crippen molar-refractivity contribution < 1.29 is 9.53 Å². The highest BCUT2D eigenvalue weighted by Crippen LogP contribution is 2.14. The molecule has 0 amide bonds. The second-order valence-corrected chi connectivity index (χ2v) is 5.44. The molecule has 0 spiro atoms. The van der Waals surface area contributed by atoms with Crippen molar-refractivity contribution in [1.29, 1.82) is 0 Å². The molecule has 0 bridgehead atoms. The number of rotatable bonds is 6. The molecule has 0 heterocycles. The van der Waals surface area contributed by atoms with E-state index in [-0.39, 0.29) is 5.78 Å². The van der Waals surface area contributed by atoms with Gasteiger partial charge in [0.1, 0.15) is 5.75 Å². The SMILES string of the molecule is O=C(CCCOc1ccc(I)cc1)c1ccccc1. The number of ketones is 1. The van der Waals surface area contributed by atoms with Gasteiger partial charge in [0.05, 0.1) is 6.61 Å². The van der Waals surface area contributed by atoms with E-state index in [0.717, 1.165) is 17.7 Å². The Morgan fingerprint density at radius 3 is 2.37 bits per heavy atom. The van der Waals surface area contributed by atoms with Crippen LogP contribution in [-0.4, -0.2) is 12.4 Å². The number of carbonyl (C=O) groups excluding carboxylic acids is 1. The molecular weight excluding hydrogens is 351 g/mol. The van der Waals surface area contributed by atoms with E-state index >= 15 is 0 Å². The number of carbonyl (C=O) groups is 1. The van der Waals surface area contributed by atoms with E-state index in [2.05, 4.69) is 22.6 Å². The lowest BCUT2D eigenvalue weighted by molar-refractivity contribution is 0.0973. The first-order valence-electron chi connectivity index (χ1n) is 6.22. The van der Waals surface area contributed by atoms with Gasteiger partial charge in [-0.2, -0.15) is 0 Å². The second-order valence-electron chi connectivity index (χ2n) is 4.20. The zero-order chi connectivity index (χ0) is 13.5. The Morgan fingerprint density at radius 1 is 1.00 bits per heavy atom. The fourth-order valence-electron chi connectivity index (χ4n) is 1.72. The summed E-state index contributed by atoms with van der Waals surface area (Å²) in [7, 11) is 0. The molecule has 2 aromatic rings. The minimum atomic E-state index is 0.173. The molecule has 0 saturated carbocycles. The molecule has 0 aliphatic heterocycles. The van der Waals surface area contributed by atoms with Gasteiger partial charge in [0.25, 0.3) is 0 Å². The molecule has 19 heavy (non-hydrogen) atoms. The summed E-state index contributed by atoms with van der Waals surface area (Å²) < 4.78 is 6.78. The summed E-state index contributed by atoms with van der Waals surface area (Å²) in [5, 5.41) is 0. The zero-order valence-corrected chi connectivity index (χ0v) is 12.7. The fourth-order valence-corrected chi connectivity index (χ4v) is 2.08. The standard InChI is InChI=1S/C16H15IO2/c17-14-8-10-15(11-9-14)19-12-4-7-16(18)13-5-2-1-3-6-13/h1-3,5-6,8-11H,4,7,12H2. The Morgan fingerprint density at radius 2 is 1.68 bits per heavy atom. The van der Waals surface area contributed by atoms with Crippen molar-refractivity contribution >= 4 is 28.4 Å². The van der Waals surface area contributed by atoms with Gasteiger partial charge in [-0.3, -0.25) is 4.79 Å². The van der Waals surface area contributed by atoms with Crippen molar-refractivity contribution in [3.05, 3.63) is 63.7 Å². The fraction of sp³-hybridized carbons (Fsp3) is 0.188. The molecule has 0 unspecified atom stereocenters. The lowest BCUT2D eigenvalue weighted by atomic mass is 10.1. The van der Waals surface area contributed by atoms with Crippen LogP contribution in [-0.2, 0) is 0 Å². The van der Waals surface area contributed by atoms with E-state index in [1.807, 2.05) is 54.6 Å². The van der Waals surface area contributed by atoms with Gasteiger partial charge in [-0.25, -0.2) is 0 Å². The van der Waals surface area contributed by atoms with Crippen LogP contribution < -0.4 is 4.74 Å². The number of benzene rings is 2. The molecule has 0 saturated heterocycles. The average molecular weight is 366 g/mol. The summed E-state index contributed by atoms with van der Waals surface area (Å²) >= 11 is 2.26. The van der Waals surface area contributed by atoms with Crippen LogP contribution in [0.5, 0.6) is 5.75 Å². The summed E-state index contributed by atoms with van der Waals surface area (Å²) in [6.45, 7) is 0.569. The number of halogens is 1. The molecule has 2 nitrogen and oxygen atoms in total. The predicted octanol–water partition coefficient (Wildman–Crippen LogP) is 4.33. The maximum absolute atomic E-state index is 11.8. The van der Waals surface area contributed by atoms with Gasteiger partial charge in [-0.15, -0.1) is 0 Å². The van der Waals surface area contributed by atoms with Crippen LogP contribution in [0.1, 0.15) is 23.2 Å². The van der Waals surface area contributed by atoms with Gasteiger partial charge in [0, 0.05) is 15.6 Å². The number of hydrogen-bond donors (Lipinski definition) is 0. The number of ether oxygens (including phenoxy) is 1. The van der Waals surface area contributed by atoms with E-state index in [9.17, 15) is 4.79 Å². The Hall–Kier alpha value is -1.36. The smallest absolute Gasteiger partial charge is 0.163 e. The topological polar surface area (TPSA) is 26.3 Å². The maximum Gasteiger partial charge on any atom is 0.163 e. The molecule has 0 atom stereocenters. The van der Waals surface area contributed by atoms with Crippen LogP contribution in [0.25, 0.3) is 0 Å². The van der Waals surface area contributed by atoms with Gasteiger partial charge < -0.3 is 4.74 Å². The quantitative estimate of drug-likeness (QED) is 0.432. The molecule has 0 aliphatic carbocycles. The van der Waals surface area contributed by atoms with Gasteiger partial charge in [-0.1, -0.05) is 30.3 Å². The summed E-state index contributed by atoms with van der Waals surface area (Å²) in [5.41, 5.74) is 0.775. The van der Waals surface area contributed by atoms with E-state index in [0.29, 0.717) is 13.0 Å². The minimum Gasteiger partial charge on any atom is -0.494 e. The van der Waals surface area contributed by atoms with Crippen molar-refractivity contribution in [2.45, 2.75) is 12.8 Å². The van der Waals surface area contributed by atoms with Crippen LogP contribution in [0.15, 0.2) is 54.6 Å². The Kier molecular flexibility index (Phi) is 5.39. The Labute approximate surface area is 126 Å². The third kappa shape index (κ3) is 4.67. The van der Waals surface area contributed by atoms with Crippen molar-refractivity contribution in [2.75, 3.05) is 6.61 Å². The van der Waals surface area contributed by atoms with Crippen LogP contribution in [0.3, 0.4) is 0 Å². The summed E-state index contributed by atoms with van der Waals surface area (Å²) in [5.74, 6) is 1.03. The lowest BCUT2D eigenvalue weighted by Gasteiger charge is -2.06. The maximum atomic E-state index is 11.8. The average Bonchev–Trinajstić information content (AvgIpc) is 2.46. The van der Waals surface area contributed by atoms with Crippen molar-refractivity contribution in [3.63, 3.8) is 0 Å². The highest BCUT2D eigenvalue weighted by Gasteiger charge is 2.04. The highest BCUT2D eigenvalue weighted by molar-refractivity contribution is 14.1. The predicted molar refractivity (Wildman–Crippen MR) is 84.7 cm³/mol. The largest absolute Gasteiger partial charge is 0.494 e. The number of hydrogen-bond acceptors (Lipinski definition) is 2. The summed E-state index contributed by atoms with van der Waals surface area (Å²) in [6.07, 6.45) is 1.26. The van der Waals surface area contributed by atoms with Crippen LogP contribution in [0.2, 0.25) is 0 Å². The first kappa shape index (κ1) is 14.1. The second kappa shape index (κ2) is 7.28. The molecule has 0 fully saturated rings.